The molecule has 0 aliphatic carbocycles. The molecule has 0 aliphatic rings. The second-order valence-electron chi connectivity index (χ2n) is 5.32. The number of benzene rings is 2. The summed E-state index contributed by atoms with van der Waals surface area (Å²) in [6.07, 6.45) is -4.44. The Morgan fingerprint density at radius 2 is 1.27 bits per heavy atom. The summed E-state index contributed by atoms with van der Waals surface area (Å²) >= 11 is 0. The second kappa shape index (κ2) is 8.03. The minimum absolute atomic E-state index is 0.118. The van der Waals surface area contributed by atoms with Gasteiger partial charge < -0.3 is 9.47 Å². The van der Waals surface area contributed by atoms with Gasteiger partial charge in [-0.15, -0.1) is 0 Å². The number of alkyl halides is 3. The molecular weight excluding hydrogens is 349 g/mol. The quantitative estimate of drug-likeness (QED) is 0.718. The number of carbonyl (C=O) groups excluding carboxylic acids is 2. The van der Waals surface area contributed by atoms with E-state index in [0.717, 1.165) is 12.1 Å². The zero-order chi connectivity index (χ0) is 19.3. The maximum atomic E-state index is 12.7. The van der Waals surface area contributed by atoms with Gasteiger partial charge in [0, 0.05) is 0 Å². The van der Waals surface area contributed by atoms with Crippen LogP contribution in [-0.2, 0) is 15.7 Å². The molecule has 2 aromatic carbocycles. The molecule has 0 fully saturated rings. The van der Waals surface area contributed by atoms with Crippen molar-refractivity contribution in [3.05, 3.63) is 59.2 Å². The van der Waals surface area contributed by atoms with Crippen molar-refractivity contribution in [1.82, 2.24) is 0 Å². The van der Waals surface area contributed by atoms with Gasteiger partial charge in [0.15, 0.2) is 0 Å². The largest absolute Gasteiger partial charge is 0.462 e. The van der Waals surface area contributed by atoms with E-state index in [1.807, 2.05) is 0 Å². The minimum atomic E-state index is -4.44. The summed E-state index contributed by atoms with van der Waals surface area (Å²) in [6.45, 7) is 3.59. The van der Waals surface area contributed by atoms with Crippen LogP contribution in [0.25, 0.3) is 11.1 Å². The van der Waals surface area contributed by atoms with E-state index in [1.54, 1.807) is 13.8 Å². The zero-order valence-electron chi connectivity index (χ0n) is 14.2. The summed E-state index contributed by atoms with van der Waals surface area (Å²) in [6, 6.07) is 8.70. The van der Waals surface area contributed by atoms with Crippen LogP contribution in [0.15, 0.2) is 42.5 Å². The molecule has 2 rings (SSSR count). The van der Waals surface area contributed by atoms with E-state index in [2.05, 4.69) is 0 Å². The first-order valence-corrected chi connectivity index (χ1v) is 7.93. The maximum Gasteiger partial charge on any atom is 0.416 e. The van der Waals surface area contributed by atoms with E-state index >= 15 is 0 Å². The third kappa shape index (κ3) is 4.62. The highest BCUT2D eigenvalue weighted by atomic mass is 19.4. The van der Waals surface area contributed by atoms with E-state index in [4.69, 9.17) is 9.47 Å². The van der Waals surface area contributed by atoms with Crippen LogP contribution in [0.3, 0.4) is 0 Å². The molecule has 0 N–H and O–H groups in total. The number of rotatable bonds is 5. The predicted molar refractivity (Wildman–Crippen MR) is 88.8 cm³/mol. The molecule has 0 aromatic heterocycles. The van der Waals surface area contributed by atoms with Crippen LogP contribution in [0.4, 0.5) is 13.2 Å². The van der Waals surface area contributed by atoms with E-state index in [1.165, 1.54) is 30.3 Å². The van der Waals surface area contributed by atoms with E-state index < -0.39 is 23.7 Å². The molecule has 0 heterocycles. The normalized spacial score (nSPS) is 11.1. The van der Waals surface area contributed by atoms with Gasteiger partial charge >= 0.3 is 18.1 Å². The average molecular weight is 366 g/mol. The van der Waals surface area contributed by atoms with Crippen LogP contribution < -0.4 is 0 Å². The topological polar surface area (TPSA) is 52.6 Å². The molecular formula is C19H17F3O4. The van der Waals surface area contributed by atoms with Crippen molar-refractivity contribution in [2.75, 3.05) is 13.2 Å². The van der Waals surface area contributed by atoms with Crippen molar-refractivity contribution in [2.45, 2.75) is 20.0 Å². The van der Waals surface area contributed by atoms with Crippen molar-refractivity contribution in [3.63, 3.8) is 0 Å². The number of carbonyl (C=O) groups is 2. The van der Waals surface area contributed by atoms with Gasteiger partial charge in [-0.3, -0.25) is 0 Å². The van der Waals surface area contributed by atoms with Gasteiger partial charge in [-0.2, -0.15) is 13.2 Å². The van der Waals surface area contributed by atoms with Crippen molar-refractivity contribution in [1.29, 1.82) is 0 Å². The summed E-state index contributed by atoms with van der Waals surface area (Å²) in [5.41, 5.74) is 0.287. The molecule has 0 saturated heterocycles. The molecule has 7 heteroatoms. The molecule has 0 atom stereocenters. The fourth-order valence-corrected chi connectivity index (χ4v) is 2.31. The number of hydrogen-bond acceptors (Lipinski definition) is 4. The first-order valence-electron chi connectivity index (χ1n) is 7.93. The summed E-state index contributed by atoms with van der Waals surface area (Å²) in [4.78, 5) is 24.0. The van der Waals surface area contributed by atoms with Gasteiger partial charge in [0.05, 0.1) is 29.9 Å². The lowest BCUT2D eigenvalue weighted by Gasteiger charge is -2.11. The lowest BCUT2D eigenvalue weighted by Crippen LogP contribution is -2.09. The first kappa shape index (κ1) is 19.5. The van der Waals surface area contributed by atoms with Crippen LogP contribution >= 0.6 is 0 Å². The molecule has 26 heavy (non-hydrogen) atoms. The molecule has 0 bridgehead atoms. The Bertz CT molecular complexity index is 759. The second-order valence-corrected chi connectivity index (χ2v) is 5.32. The minimum Gasteiger partial charge on any atom is -0.462 e. The molecule has 0 saturated carbocycles. The van der Waals surface area contributed by atoms with Gasteiger partial charge in [-0.05, 0) is 55.3 Å². The Morgan fingerprint density at radius 1 is 0.808 bits per heavy atom. The molecule has 0 unspecified atom stereocenters. The third-order valence-corrected chi connectivity index (χ3v) is 3.50. The van der Waals surface area contributed by atoms with E-state index in [-0.39, 0.29) is 24.3 Å². The number of hydrogen-bond donors (Lipinski definition) is 0. The van der Waals surface area contributed by atoms with Crippen molar-refractivity contribution < 1.29 is 32.2 Å². The fourth-order valence-electron chi connectivity index (χ4n) is 2.31. The molecule has 0 aliphatic heterocycles. The standard InChI is InChI=1S/C19H17F3O4/c1-3-25-17(23)14-9-13(10-15(11-14)18(24)26-4-2)12-5-7-16(8-6-12)19(20,21)22/h5-11H,3-4H2,1-2H3. The molecule has 138 valence electrons. The van der Waals surface area contributed by atoms with Crippen LogP contribution in [-0.4, -0.2) is 25.2 Å². The Balaban J connectivity index is 2.49. The smallest absolute Gasteiger partial charge is 0.416 e. The molecule has 2 aromatic rings. The SMILES string of the molecule is CCOC(=O)c1cc(C(=O)OCC)cc(-c2ccc(C(F)(F)F)cc2)c1. The maximum absolute atomic E-state index is 12.7. The van der Waals surface area contributed by atoms with Crippen molar-refractivity contribution in [2.24, 2.45) is 0 Å². The van der Waals surface area contributed by atoms with E-state index in [0.29, 0.717) is 11.1 Å². The first-order chi connectivity index (χ1) is 12.3. The fraction of sp³-hybridized carbons (Fsp3) is 0.263. The number of halogens is 3. The van der Waals surface area contributed by atoms with Crippen molar-refractivity contribution >= 4 is 11.9 Å². The van der Waals surface area contributed by atoms with Gasteiger partial charge in [0.1, 0.15) is 0 Å². The zero-order valence-corrected chi connectivity index (χ0v) is 14.2. The summed E-state index contributed by atoms with van der Waals surface area (Å²) in [5, 5.41) is 0. The van der Waals surface area contributed by atoms with E-state index in [9.17, 15) is 22.8 Å². The monoisotopic (exact) mass is 366 g/mol. The highest BCUT2D eigenvalue weighted by molar-refractivity contribution is 5.97. The Labute approximate surface area is 148 Å². The number of esters is 2. The molecule has 0 amide bonds. The summed E-state index contributed by atoms with van der Waals surface area (Å²) in [5.74, 6) is -1.27. The van der Waals surface area contributed by atoms with Crippen LogP contribution in [0.1, 0.15) is 40.1 Å². The molecule has 0 spiro atoms. The van der Waals surface area contributed by atoms with Gasteiger partial charge in [0.2, 0.25) is 0 Å². The van der Waals surface area contributed by atoms with Crippen LogP contribution in [0.5, 0.6) is 0 Å². The van der Waals surface area contributed by atoms with Gasteiger partial charge in [-0.1, -0.05) is 12.1 Å². The highest BCUT2D eigenvalue weighted by Gasteiger charge is 2.30. The van der Waals surface area contributed by atoms with Gasteiger partial charge in [0.25, 0.3) is 0 Å². The predicted octanol–water partition coefficient (Wildman–Crippen LogP) is 4.73. The highest BCUT2D eigenvalue weighted by Crippen LogP contribution is 2.31. The Hall–Kier alpha value is -2.83. The molecule has 4 nitrogen and oxygen atoms in total. The number of ether oxygens (including phenoxy) is 2. The molecule has 0 radical (unpaired) electrons. The lowest BCUT2D eigenvalue weighted by molar-refractivity contribution is -0.137. The van der Waals surface area contributed by atoms with Crippen LogP contribution in [0.2, 0.25) is 0 Å². The van der Waals surface area contributed by atoms with Gasteiger partial charge in [-0.25, -0.2) is 9.59 Å². The summed E-state index contributed by atoms with van der Waals surface area (Å²) < 4.78 is 48.0. The average Bonchev–Trinajstić information content (AvgIpc) is 2.61. The van der Waals surface area contributed by atoms with Crippen molar-refractivity contribution in [3.8, 4) is 11.1 Å². The lowest BCUT2D eigenvalue weighted by atomic mass is 9.98. The van der Waals surface area contributed by atoms with Crippen LogP contribution in [0, 0.1) is 0 Å². The Morgan fingerprint density at radius 3 is 1.65 bits per heavy atom. The summed E-state index contributed by atoms with van der Waals surface area (Å²) in [7, 11) is 0. The third-order valence-electron chi connectivity index (χ3n) is 3.50. The Kier molecular flexibility index (Phi) is 6.02.